The number of allylic oxidation sites excluding steroid dienone is 10. The Bertz CT molecular complexity index is 4370. The highest BCUT2D eigenvalue weighted by Crippen LogP contribution is 2.86. The molecule has 21 fully saturated rings. The van der Waals surface area contributed by atoms with Gasteiger partial charge in [0, 0.05) is 71.0 Å². The third-order valence-corrected chi connectivity index (χ3v) is 41.8. The summed E-state index contributed by atoms with van der Waals surface area (Å²) in [5, 5.41) is 51.9. The molecule has 602 valence electrons. The lowest BCUT2D eigenvalue weighted by Gasteiger charge is -2.59. The lowest BCUT2D eigenvalue weighted by Crippen LogP contribution is -2.57. The summed E-state index contributed by atoms with van der Waals surface area (Å²) in [5.41, 5.74) is 10.1. The van der Waals surface area contributed by atoms with Crippen molar-refractivity contribution in [2.75, 3.05) is 0 Å². The van der Waals surface area contributed by atoms with E-state index < -0.39 is 0 Å². The second kappa shape index (κ2) is 24.7. The van der Waals surface area contributed by atoms with E-state index in [-0.39, 0.29) is 67.9 Å². The van der Waals surface area contributed by atoms with Gasteiger partial charge in [-0.05, 0) is 383 Å². The van der Waals surface area contributed by atoms with Crippen molar-refractivity contribution in [3.8, 4) is 0 Å². The average molecular weight is 1550 g/mol. The van der Waals surface area contributed by atoms with E-state index in [4.69, 9.17) is 35.8 Å². The maximum atomic E-state index is 12.3. The molecule has 26 rings (SSSR count). The van der Waals surface area contributed by atoms with Gasteiger partial charge in [0.25, 0.3) is 0 Å². The lowest BCUT2D eigenvalue weighted by atomic mass is 9.46. The van der Waals surface area contributed by atoms with E-state index in [1.165, 1.54) is 146 Å². The Hall–Kier alpha value is -5.25. The van der Waals surface area contributed by atoms with E-state index in [9.17, 15) is 34.8 Å². The SMILES string of the molecule is CC[C@]12CCC3C(C4CC4C4=C/C(=N/O)CC[C@@H]43)C1C1CC1[C@@]21CCC(=O)O1.CC[C@]12CCC3C(C=CC4=C/C(=N/O)CC[C@@H]43)C1C1CC1[C@@]21CCC(=O)O1.CC[C@]12CCC3C(CC4(CC4)C4=C/C(=N/O)CC[C@@H]43)C1C1CC1[C@@]21CCC(=O)O1.CC[C@]12CCC3C(CCC4=C(Cl)/C(=N/O)CC[C@@H]43)C1C1CC1[C@@]21CCC(=O)O1. The van der Waals surface area contributed by atoms with Crippen molar-refractivity contribution in [3.63, 3.8) is 0 Å². The van der Waals surface area contributed by atoms with Crippen LogP contribution in [0.3, 0.4) is 0 Å². The molecule has 4 N–H and O–H groups in total. The first kappa shape index (κ1) is 72.0. The molecule has 0 aromatic heterocycles. The smallest absolute Gasteiger partial charge is 0.306 e. The fourth-order valence-corrected chi connectivity index (χ4v) is 37.9. The zero-order valence-corrected chi connectivity index (χ0v) is 67.7. The topological polar surface area (TPSA) is 236 Å². The van der Waals surface area contributed by atoms with Gasteiger partial charge in [0.15, 0.2) is 0 Å². The average Bonchev–Trinajstić information content (AvgIpc) is 1.50. The van der Waals surface area contributed by atoms with Crippen LogP contribution in [0.5, 0.6) is 0 Å². The Balaban J connectivity index is 0.0000000891. The van der Waals surface area contributed by atoms with Gasteiger partial charge in [-0.25, -0.2) is 0 Å². The number of halogens is 1. The van der Waals surface area contributed by atoms with E-state index in [2.05, 4.69) is 78.7 Å². The van der Waals surface area contributed by atoms with Crippen molar-refractivity contribution in [1.82, 2.24) is 0 Å². The van der Waals surface area contributed by atoms with Crippen molar-refractivity contribution in [2.45, 2.75) is 294 Å². The highest BCUT2D eigenvalue weighted by Gasteiger charge is 2.85. The highest BCUT2D eigenvalue weighted by molar-refractivity contribution is 6.44. The fraction of sp³-hybridized carbons (Fsp3) is 0.811. The zero-order valence-electron chi connectivity index (χ0n) is 67.0. The number of hydrogen-bond donors (Lipinski definition) is 4. The van der Waals surface area contributed by atoms with Gasteiger partial charge in [-0.3, -0.25) is 19.2 Å². The van der Waals surface area contributed by atoms with Gasteiger partial charge in [-0.2, -0.15) is 0 Å². The molecule has 0 aromatic carbocycles. The van der Waals surface area contributed by atoms with Gasteiger partial charge in [0.2, 0.25) is 0 Å². The van der Waals surface area contributed by atoms with Crippen LogP contribution >= 0.6 is 11.6 Å². The molecule has 112 heavy (non-hydrogen) atoms. The van der Waals surface area contributed by atoms with Crippen molar-refractivity contribution in [2.24, 2.45) is 202 Å². The van der Waals surface area contributed by atoms with Crippen LogP contribution < -0.4 is 0 Å². The summed E-state index contributed by atoms with van der Waals surface area (Å²) < 4.78 is 25.1. The second-order valence-electron chi connectivity index (χ2n) is 42.9. The Labute approximate surface area is 666 Å². The molecule has 4 saturated heterocycles. The van der Waals surface area contributed by atoms with Crippen LogP contribution in [-0.4, -0.2) is 90.0 Å². The van der Waals surface area contributed by atoms with Crippen LogP contribution in [0.4, 0.5) is 0 Å². The summed E-state index contributed by atoms with van der Waals surface area (Å²) in [4.78, 5) is 48.9. The number of ether oxygens (including phenoxy) is 4. The Morgan fingerprint density at radius 2 is 0.848 bits per heavy atom. The molecule has 17 saturated carbocycles. The molecule has 16 nitrogen and oxygen atoms in total. The first-order valence-electron chi connectivity index (χ1n) is 46.3. The summed E-state index contributed by atoms with van der Waals surface area (Å²) in [7, 11) is 0. The van der Waals surface area contributed by atoms with Crippen LogP contribution in [-0.2, 0) is 38.1 Å². The number of rotatable bonds is 4. The van der Waals surface area contributed by atoms with E-state index in [1.54, 1.807) is 11.1 Å². The normalized spacial score (nSPS) is 55.0. The van der Waals surface area contributed by atoms with Crippen LogP contribution in [0, 0.1) is 181 Å². The minimum atomic E-state index is -0.146. The van der Waals surface area contributed by atoms with E-state index in [0.29, 0.717) is 108 Å². The predicted octanol–water partition coefficient (Wildman–Crippen LogP) is 19.4. The van der Waals surface area contributed by atoms with Crippen molar-refractivity contribution < 1.29 is 59.0 Å². The molecule has 17 heteroatoms. The summed E-state index contributed by atoms with van der Waals surface area (Å²) in [6.07, 6.45) is 53.5. The summed E-state index contributed by atoms with van der Waals surface area (Å²) in [5.74, 6) is 19.2. The number of hydrogen-bond acceptors (Lipinski definition) is 16. The first-order chi connectivity index (χ1) is 54.4. The first-order valence-corrected chi connectivity index (χ1v) is 46.7. The number of carbonyl (C=O) groups is 4. The summed E-state index contributed by atoms with van der Waals surface area (Å²) >= 11 is 6.64. The lowest BCUT2D eigenvalue weighted by molar-refractivity contribution is -0.180. The monoisotopic (exact) mass is 1550 g/mol. The molecule has 22 unspecified atom stereocenters. The van der Waals surface area contributed by atoms with Crippen LogP contribution in [0.1, 0.15) is 272 Å². The quantitative estimate of drug-likeness (QED) is 0.0890. The molecule has 0 amide bonds. The van der Waals surface area contributed by atoms with Crippen molar-refractivity contribution in [1.29, 1.82) is 0 Å². The third-order valence-electron chi connectivity index (χ3n) is 41.3. The van der Waals surface area contributed by atoms with E-state index in [0.717, 1.165) is 188 Å². The standard InChI is InChI=1S/C25H33NO3.C24H31NO3.C23H30ClNO3.C23H29NO3/c1-2-24-7-5-15-16-4-3-14(26-28)11-19(16)23(9-10-23)13-18(15)22(24)17-12-20(17)25(24)8-6-21(27)29-25;1-2-23-7-5-14-13-4-3-12(25-27)9-15(13)16-10-17(16)21(14)22(23)18-11-19(18)24(23)8-6-20(26)28-24;1-2-22-9-7-13-12-5-6-18(25-27)21(24)15(12)4-3-14(13)20(22)16-11-17(16)23(22)10-8-19(26)28-23;1-2-22-9-7-16-15-6-4-14(24-26)11-13(15)3-5-17(16)21(22)18-12-19(18)23(22)10-8-20(25)27-23/h11,15-18,20,22,28H,2-10,12-13H2,1H3;9,13-14,16-19,21-22,27H,2-8,10-11H2,1H3;12-14,16-17,20,27H,2-11H2,1H3;3,5,11,15-19,21,26H,2,4,6-10,12H2,1H3/b26-14+;25-12+;25-18+;24-14+/t15?,16-,17?,18?,20?,22?,24+,25+;13-,14?,16?,17?,18?,19?,21?,22?,23+,24+;12-,13?,14?,16?,17?,20?,22+,23+;15-,16?,17?,18?,19?,21?,22-,23-/m1110/s1. The minimum absolute atomic E-state index is 0.0451. The minimum Gasteiger partial charge on any atom is -0.458 e. The molecule has 0 bridgehead atoms. The summed E-state index contributed by atoms with van der Waals surface area (Å²) in [6, 6.07) is 0. The van der Waals surface area contributed by atoms with Gasteiger partial charge in [-0.1, -0.05) is 83.2 Å². The van der Waals surface area contributed by atoms with Crippen LogP contribution in [0.2, 0.25) is 0 Å². The largest absolute Gasteiger partial charge is 0.458 e. The van der Waals surface area contributed by atoms with Gasteiger partial charge in [0.1, 0.15) is 22.4 Å². The van der Waals surface area contributed by atoms with Crippen molar-refractivity contribution >= 4 is 58.3 Å². The number of nitrogens with zero attached hydrogens (tertiary/aromatic N) is 4. The molecule has 5 spiro atoms. The maximum Gasteiger partial charge on any atom is 0.306 e. The molecule has 0 radical (unpaired) electrons. The zero-order chi connectivity index (χ0) is 76.1. The molecule has 34 atom stereocenters. The maximum absolute atomic E-state index is 12.3. The second-order valence-corrected chi connectivity index (χ2v) is 43.3. The van der Waals surface area contributed by atoms with E-state index >= 15 is 0 Å². The molecule has 4 aliphatic heterocycles. The number of oxime groups is 4. The predicted molar refractivity (Wildman–Crippen MR) is 419 cm³/mol. The molecular formula is C95H123ClN4O12. The Kier molecular flexibility index (Phi) is 15.9. The van der Waals surface area contributed by atoms with Crippen molar-refractivity contribution in [3.05, 3.63) is 57.7 Å². The van der Waals surface area contributed by atoms with E-state index in [1.807, 2.05) is 0 Å². The van der Waals surface area contributed by atoms with Gasteiger partial charge in [0.05, 0.1) is 27.9 Å². The van der Waals surface area contributed by atoms with Crippen LogP contribution in [0.25, 0.3) is 0 Å². The fourth-order valence-electron chi connectivity index (χ4n) is 37.6. The van der Waals surface area contributed by atoms with Gasteiger partial charge < -0.3 is 39.8 Å². The Morgan fingerprint density at radius 1 is 0.393 bits per heavy atom. The number of carbonyl (C=O) groups excluding carboxylic acids is 4. The molecular weight excluding hydrogens is 1420 g/mol. The molecule has 22 aliphatic carbocycles. The van der Waals surface area contributed by atoms with Crippen LogP contribution in [0.15, 0.2) is 78.3 Å². The number of fused-ring (bicyclic) bond motifs is 40. The highest BCUT2D eigenvalue weighted by atomic mass is 35.5. The molecule has 4 heterocycles. The third kappa shape index (κ3) is 9.17. The number of esters is 4. The van der Waals surface area contributed by atoms with Gasteiger partial charge >= 0.3 is 23.9 Å². The Morgan fingerprint density at radius 3 is 1.37 bits per heavy atom. The molecule has 0 aromatic rings. The van der Waals surface area contributed by atoms with Gasteiger partial charge in [-0.15, -0.1) is 0 Å². The summed E-state index contributed by atoms with van der Waals surface area (Å²) in [6.45, 7) is 9.46. The molecule has 26 aliphatic rings.